The van der Waals surface area contributed by atoms with Crippen molar-refractivity contribution in [2.24, 2.45) is 0 Å². The molecule has 0 atom stereocenters. The molecule has 0 aliphatic carbocycles. The molecule has 114 valence electrons. The number of benzene rings is 1. The number of fused-ring (bicyclic) bond motifs is 1. The molecule has 0 aliphatic heterocycles. The van der Waals surface area contributed by atoms with E-state index in [1.165, 1.54) is 23.5 Å². The Labute approximate surface area is 129 Å². The van der Waals surface area contributed by atoms with Gasteiger partial charge in [0.2, 0.25) is 0 Å². The van der Waals surface area contributed by atoms with Crippen LogP contribution in [0.5, 0.6) is 0 Å². The van der Waals surface area contributed by atoms with Crippen molar-refractivity contribution in [1.29, 1.82) is 0 Å². The topological polar surface area (TPSA) is 65.2 Å². The second-order valence-corrected chi connectivity index (χ2v) is 6.12. The van der Waals surface area contributed by atoms with E-state index < -0.39 is 5.97 Å². The van der Waals surface area contributed by atoms with Gasteiger partial charge in [-0.25, -0.2) is 9.18 Å². The summed E-state index contributed by atoms with van der Waals surface area (Å²) in [6.07, 6.45) is 0. The summed E-state index contributed by atoms with van der Waals surface area (Å²) in [5.41, 5.74) is 0. The summed E-state index contributed by atoms with van der Waals surface area (Å²) < 4.78 is 24.4. The Balaban J connectivity index is 1.71. The number of carbonyl (C=O) groups is 1. The van der Waals surface area contributed by atoms with Crippen LogP contribution in [0.2, 0.25) is 0 Å². The normalized spacial score (nSPS) is 11.3. The molecule has 0 saturated heterocycles. The van der Waals surface area contributed by atoms with E-state index in [1.807, 2.05) is 13.8 Å². The number of hydrogen-bond acceptors (Lipinski definition) is 6. The zero-order valence-corrected chi connectivity index (χ0v) is 12.8. The van der Waals surface area contributed by atoms with Crippen LogP contribution >= 0.6 is 11.3 Å². The van der Waals surface area contributed by atoms with Crippen LogP contribution in [0.25, 0.3) is 10.1 Å². The number of aromatic nitrogens is 2. The van der Waals surface area contributed by atoms with Crippen molar-refractivity contribution in [3.05, 3.63) is 46.7 Å². The third-order valence-corrected chi connectivity index (χ3v) is 4.12. The highest BCUT2D eigenvalue weighted by atomic mass is 32.1. The first-order valence-corrected chi connectivity index (χ1v) is 7.54. The van der Waals surface area contributed by atoms with Crippen molar-refractivity contribution >= 4 is 27.4 Å². The number of carbonyl (C=O) groups excluding carboxylic acids is 1. The molecule has 0 radical (unpaired) electrons. The van der Waals surface area contributed by atoms with Crippen LogP contribution in [0.3, 0.4) is 0 Å². The van der Waals surface area contributed by atoms with Gasteiger partial charge in [0.15, 0.2) is 12.4 Å². The molecule has 7 heteroatoms. The predicted molar refractivity (Wildman–Crippen MR) is 79.3 cm³/mol. The molecule has 0 spiro atoms. The van der Waals surface area contributed by atoms with E-state index in [2.05, 4.69) is 10.1 Å². The minimum atomic E-state index is -0.537. The van der Waals surface area contributed by atoms with Gasteiger partial charge in [-0.3, -0.25) is 0 Å². The molecule has 0 N–H and O–H groups in total. The van der Waals surface area contributed by atoms with Crippen molar-refractivity contribution in [3.63, 3.8) is 0 Å². The van der Waals surface area contributed by atoms with E-state index >= 15 is 0 Å². The molecule has 0 bridgehead atoms. The molecule has 0 saturated carbocycles. The van der Waals surface area contributed by atoms with Gasteiger partial charge in [0.25, 0.3) is 5.89 Å². The molecule has 1 aromatic carbocycles. The van der Waals surface area contributed by atoms with Crippen LogP contribution in [-0.4, -0.2) is 16.1 Å². The standard InChI is InChI=1S/C15H13FN2O3S/c1-8(2)14-17-13(21-18-14)7-20-15(19)12-6-9-10(16)4-3-5-11(9)22-12/h3-6,8H,7H2,1-2H3. The van der Waals surface area contributed by atoms with Gasteiger partial charge in [0, 0.05) is 16.0 Å². The highest BCUT2D eigenvalue weighted by Gasteiger charge is 2.16. The smallest absolute Gasteiger partial charge is 0.348 e. The number of halogens is 1. The van der Waals surface area contributed by atoms with Crippen LogP contribution in [0, 0.1) is 5.82 Å². The number of hydrogen-bond donors (Lipinski definition) is 0. The average Bonchev–Trinajstić information content (AvgIpc) is 3.12. The van der Waals surface area contributed by atoms with Gasteiger partial charge in [0.1, 0.15) is 10.7 Å². The molecule has 2 heterocycles. The Bertz CT molecular complexity index is 825. The zero-order chi connectivity index (χ0) is 15.7. The minimum absolute atomic E-state index is 0.102. The van der Waals surface area contributed by atoms with Crippen molar-refractivity contribution in [2.75, 3.05) is 0 Å². The molecule has 0 fully saturated rings. The highest BCUT2D eigenvalue weighted by molar-refractivity contribution is 7.20. The van der Waals surface area contributed by atoms with Crippen molar-refractivity contribution in [2.45, 2.75) is 26.4 Å². The maximum atomic E-state index is 13.6. The monoisotopic (exact) mass is 320 g/mol. The molecule has 2 aromatic heterocycles. The van der Waals surface area contributed by atoms with Crippen molar-refractivity contribution < 1.29 is 18.4 Å². The lowest BCUT2D eigenvalue weighted by atomic mass is 10.2. The van der Waals surface area contributed by atoms with Gasteiger partial charge in [0.05, 0.1) is 0 Å². The fraction of sp³-hybridized carbons (Fsp3) is 0.267. The molecule has 5 nitrogen and oxygen atoms in total. The highest BCUT2D eigenvalue weighted by Crippen LogP contribution is 2.28. The number of ether oxygens (including phenoxy) is 1. The van der Waals surface area contributed by atoms with Gasteiger partial charge in [-0.05, 0) is 18.2 Å². The van der Waals surface area contributed by atoms with E-state index in [1.54, 1.807) is 12.1 Å². The molecule has 3 rings (SSSR count). The van der Waals surface area contributed by atoms with Gasteiger partial charge in [-0.15, -0.1) is 11.3 Å². The minimum Gasteiger partial charge on any atom is -0.451 e. The van der Waals surface area contributed by atoms with Crippen LogP contribution in [-0.2, 0) is 11.3 Å². The second-order valence-electron chi connectivity index (χ2n) is 5.04. The summed E-state index contributed by atoms with van der Waals surface area (Å²) in [7, 11) is 0. The Kier molecular flexibility index (Phi) is 3.89. The summed E-state index contributed by atoms with van der Waals surface area (Å²) >= 11 is 1.18. The van der Waals surface area contributed by atoms with E-state index in [-0.39, 0.29) is 24.2 Å². The van der Waals surface area contributed by atoms with E-state index in [4.69, 9.17) is 9.26 Å². The van der Waals surface area contributed by atoms with Crippen molar-refractivity contribution in [3.8, 4) is 0 Å². The van der Waals surface area contributed by atoms with Crippen LogP contribution in [0.1, 0.15) is 41.2 Å². The molecule has 3 aromatic rings. The molecule has 0 amide bonds. The maximum Gasteiger partial charge on any atom is 0.348 e. The SMILES string of the molecule is CC(C)c1noc(COC(=O)c2cc3c(F)cccc3s2)n1. The predicted octanol–water partition coefficient (Wildman–Crippen LogP) is 3.90. The first kappa shape index (κ1) is 14.6. The van der Waals surface area contributed by atoms with E-state index in [9.17, 15) is 9.18 Å². The first-order chi connectivity index (χ1) is 10.5. The molecular weight excluding hydrogens is 307 g/mol. The number of esters is 1. The zero-order valence-electron chi connectivity index (χ0n) is 12.0. The van der Waals surface area contributed by atoms with E-state index in [0.717, 1.165) is 0 Å². The summed E-state index contributed by atoms with van der Waals surface area (Å²) in [5, 5.41) is 4.20. The van der Waals surface area contributed by atoms with Gasteiger partial charge in [-0.1, -0.05) is 25.1 Å². The average molecular weight is 320 g/mol. The number of thiophene rings is 1. The molecular formula is C15H13FN2O3S. The summed E-state index contributed by atoms with van der Waals surface area (Å²) in [6, 6.07) is 6.21. The third kappa shape index (κ3) is 2.85. The summed E-state index contributed by atoms with van der Waals surface area (Å²) in [4.78, 5) is 16.5. The first-order valence-electron chi connectivity index (χ1n) is 6.72. The quantitative estimate of drug-likeness (QED) is 0.682. The fourth-order valence-corrected chi connectivity index (χ4v) is 2.85. The summed E-state index contributed by atoms with van der Waals surface area (Å²) in [6.45, 7) is 3.77. The molecule has 0 unspecified atom stereocenters. The lowest BCUT2D eigenvalue weighted by molar-refractivity contribution is 0.0435. The van der Waals surface area contributed by atoms with Crippen LogP contribution in [0.4, 0.5) is 4.39 Å². The molecule has 0 aliphatic rings. The lowest BCUT2D eigenvalue weighted by Crippen LogP contribution is -2.03. The Morgan fingerprint density at radius 1 is 1.45 bits per heavy atom. The van der Waals surface area contributed by atoms with Gasteiger partial charge in [-0.2, -0.15) is 4.98 Å². The van der Waals surface area contributed by atoms with E-state index in [0.29, 0.717) is 20.8 Å². The largest absolute Gasteiger partial charge is 0.451 e. The van der Waals surface area contributed by atoms with Gasteiger partial charge < -0.3 is 9.26 Å². The number of nitrogens with zero attached hydrogens (tertiary/aromatic N) is 2. The Hall–Kier alpha value is -2.28. The maximum absolute atomic E-state index is 13.6. The van der Waals surface area contributed by atoms with Crippen LogP contribution in [0.15, 0.2) is 28.8 Å². The molecule has 22 heavy (non-hydrogen) atoms. The summed E-state index contributed by atoms with van der Waals surface area (Å²) in [5.74, 6) is 0.0502. The number of rotatable bonds is 4. The van der Waals surface area contributed by atoms with Crippen LogP contribution < -0.4 is 0 Å². The van der Waals surface area contributed by atoms with Crippen molar-refractivity contribution in [1.82, 2.24) is 10.1 Å². The fourth-order valence-electron chi connectivity index (χ4n) is 1.89. The van der Waals surface area contributed by atoms with Gasteiger partial charge >= 0.3 is 5.97 Å². The Morgan fingerprint density at radius 2 is 2.27 bits per heavy atom. The second kappa shape index (κ2) is 5.84. The Morgan fingerprint density at radius 3 is 2.95 bits per heavy atom. The third-order valence-electron chi connectivity index (χ3n) is 3.04. The lowest BCUT2D eigenvalue weighted by Gasteiger charge is -1.98.